The molecule has 0 saturated carbocycles. The predicted molar refractivity (Wildman–Crippen MR) is 120 cm³/mol. The number of carbonyl (C=O) groups is 1. The van der Waals surface area contributed by atoms with Gasteiger partial charge in [-0.15, -0.1) is 0 Å². The fourth-order valence-corrected chi connectivity index (χ4v) is 4.55. The van der Waals surface area contributed by atoms with Crippen molar-refractivity contribution < 1.29 is 4.79 Å². The number of likely N-dealkylation sites (tertiary alicyclic amines) is 1. The SMILES string of the molecule is O=C(NCc1cccc2ccccc12)[C@@H]1CCCN(Cc2ccc(Cl)cc2Cl)C1. The van der Waals surface area contributed by atoms with Gasteiger partial charge in [0.15, 0.2) is 0 Å². The highest BCUT2D eigenvalue weighted by atomic mass is 35.5. The summed E-state index contributed by atoms with van der Waals surface area (Å²) in [4.78, 5) is 15.1. The van der Waals surface area contributed by atoms with Crippen LogP contribution in [-0.4, -0.2) is 23.9 Å². The Kier molecular flexibility index (Phi) is 6.39. The van der Waals surface area contributed by atoms with E-state index in [-0.39, 0.29) is 11.8 Å². The molecule has 0 radical (unpaired) electrons. The van der Waals surface area contributed by atoms with Crippen molar-refractivity contribution in [3.05, 3.63) is 81.8 Å². The summed E-state index contributed by atoms with van der Waals surface area (Å²) >= 11 is 12.3. The van der Waals surface area contributed by atoms with E-state index < -0.39 is 0 Å². The van der Waals surface area contributed by atoms with E-state index >= 15 is 0 Å². The van der Waals surface area contributed by atoms with Gasteiger partial charge in [-0.05, 0) is 53.4 Å². The summed E-state index contributed by atoms with van der Waals surface area (Å²) in [5.41, 5.74) is 2.20. The molecule has 1 N–H and O–H groups in total. The fourth-order valence-electron chi connectivity index (χ4n) is 4.08. The van der Waals surface area contributed by atoms with Gasteiger partial charge in [0, 0.05) is 29.7 Å². The van der Waals surface area contributed by atoms with Gasteiger partial charge in [0.1, 0.15) is 0 Å². The molecule has 1 fully saturated rings. The minimum Gasteiger partial charge on any atom is -0.352 e. The van der Waals surface area contributed by atoms with Crippen molar-refractivity contribution in [1.29, 1.82) is 0 Å². The normalized spacial score (nSPS) is 17.4. The van der Waals surface area contributed by atoms with Crippen LogP contribution in [0.25, 0.3) is 10.8 Å². The van der Waals surface area contributed by atoms with Gasteiger partial charge in [0.2, 0.25) is 5.91 Å². The minimum absolute atomic E-state index is 0.00445. The first kappa shape index (κ1) is 20.2. The maximum Gasteiger partial charge on any atom is 0.224 e. The van der Waals surface area contributed by atoms with Crippen molar-refractivity contribution in [2.45, 2.75) is 25.9 Å². The van der Waals surface area contributed by atoms with Crippen molar-refractivity contribution >= 4 is 39.9 Å². The fraction of sp³-hybridized carbons (Fsp3) is 0.292. The van der Waals surface area contributed by atoms with Crippen LogP contribution in [0.1, 0.15) is 24.0 Å². The number of hydrogen-bond acceptors (Lipinski definition) is 2. The lowest BCUT2D eigenvalue weighted by molar-refractivity contribution is -0.126. The lowest BCUT2D eigenvalue weighted by Crippen LogP contribution is -2.42. The average molecular weight is 427 g/mol. The van der Waals surface area contributed by atoms with Crippen molar-refractivity contribution in [3.8, 4) is 0 Å². The Morgan fingerprint density at radius 2 is 1.86 bits per heavy atom. The second-order valence-electron chi connectivity index (χ2n) is 7.67. The van der Waals surface area contributed by atoms with E-state index in [0.29, 0.717) is 16.6 Å². The first-order valence-corrected chi connectivity index (χ1v) is 10.8. The van der Waals surface area contributed by atoms with Gasteiger partial charge in [-0.2, -0.15) is 0 Å². The van der Waals surface area contributed by atoms with E-state index in [0.717, 1.165) is 43.6 Å². The Balaban J connectivity index is 1.37. The molecular weight excluding hydrogens is 403 g/mol. The molecule has 4 rings (SSSR count). The number of nitrogens with one attached hydrogen (secondary N) is 1. The quantitative estimate of drug-likeness (QED) is 0.569. The molecule has 0 spiro atoms. The standard InChI is InChI=1S/C24H24Cl2N2O/c25-21-11-10-19(23(26)13-21)15-28-12-4-8-20(16-28)24(29)27-14-18-7-3-6-17-5-1-2-9-22(17)18/h1-3,5-7,9-11,13,20H,4,8,12,14-16H2,(H,27,29)/t20-/m1/s1. The van der Waals surface area contributed by atoms with Crippen LogP contribution in [-0.2, 0) is 17.9 Å². The molecule has 3 aromatic rings. The first-order chi connectivity index (χ1) is 14.1. The van der Waals surface area contributed by atoms with Crippen LogP contribution in [0.3, 0.4) is 0 Å². The van der Waals surface area contributed by atoms with Gasteiger partial charge >= 0.3 is 0 Å². The lowest BCUT2D eigenvalue weighted by Gasteiger charge is -2.32. The molecule has 1 amide bonds. The third-order valence-corrected chi connectivity index (χ3v) is 6.21. The van der Waals surface area contributed by atoms with Crippen LogP contribution >= 0.6 is 23.2 Å². The predicted octanol–water partition coefficient (Wildman–Crippen LogP) is 5.68. The highest BCUT2D eigenvalue weighted by molar-refractivity contribution is 6.35. The Hall–Kier alpha value is -2.07. The van der Waals surface area contributed by atoms with E-state index in [1.165, 1.54) is 10.8 Å². The topological polar surface area (TPSA) is 32.3 Å². The third-order valence-electron chi connectivity index (χ3n) is 5.62. The molecule has 0 aromatic heterocycles. The largest absolute Gasteiger partial charge is 0.352 e. The molecule has 29 heavy (non-hydrogen) atoms. The number of benzene rings is 3. The van der Waals surface area contributed by atoms with Crippen LogP contribution in [0.5, 0.6) is 0 Å². The molecule has 0 unspecified atom stereocenters. The zero-order valence-electron chi connectivity index (χ0n) is 16.2. The minimum atomic E-state index is 0.00445. The van der Waals surface area contributed by atoms with Crippen LogP contribution in [0.2, 0.25) is 10.0 Å². The Morgan fingerprint density at radius 3 is 2.72 bits per heavy atom. The second kappa shape index (κ2) is 9.17. The third kappa shape index (κ3) is 4.92. The van der Waals surface area contributed by atoms with Crippen LogP contribution < -0.4 is 5.32 Å². The van der Waals surface area contributed by atoms with Crippen LogP contribution in [0, 0.1) is 5.92 Å². The molecule has 1 saturated heterocycles. The molecule has 0 bridgehead atoms. The summed E-state index contributed by atoms with van der Waals surface area (Å²) in [6.07, 6.45) is 1.93. The highest BCUT2D eigenvalue weighted by Crippen LogP contribution is 2.25. The maximum absolute atomic E-state index is 12.8. The van der Waals surface area contributed by atoms with Crippen LogP contribution in [0.15, 0.2) is 60.7 Å². The number of fused-ring (bicyclic) bond motifs is 1. The van der Waals surface area contributed by atoms with Crippen molar-refractivity contribution in [2.75, 3.05) is 13.1 Å². The van der Waals surface area contributed by atoms with Gasteiger partial charge in [-0.3, -0.25) is 9.69 Å². The lowest BCUT2D eigenvalue weighted by atomic mass is 9.96. The number of rotatable bonds is 5. The zero-order chi connectivity index (χ0) is 20.2. The summed E-state index contributed by atoms with van der Waals surface area (Å²) in [5, 5.41) is 6.87. The molecule has 5 heteroatoms. The van der Waals surface area contributed by atoms with E-state index in [1.54, 1.807) is 6.07 Å². The van der Waals surface area contributed by atoms with E-state index in [2.05, 4.69) is 34.5 Å². The van der Waals surface area contributed by atoms with E-state index in [4.69, 9.17) is 23.2 Å². The van der Waals surface area contributed by atoms with Gasteiger partial charge in [0.25, 0.3) is 0 Å². The van der Waals surface area contributed by atoms with Crippen molar-refractivity contribution in [1.82, 2.24) is 10.2 Å². The number of amides is 1. The van der Waals surface area contributed by atoms with Crippen molar-refractivity contribution in [3.63, 3.8) is 0 Å². The Labute approximate surface area is 181 Å². The summed E-state index contributed by atoms with van der Waals surface area (Å²) in [6.45, 7) is 3.02. The summed E-state index contributed by atoms with van der Waals surface area (Å²) < 4.78 is 0. The van der Waals surface area contributed by atoms with Gasteiger partial charge in [0.05, 0.1) is 5.92 Å². The Bertz CT molecular complexity index is 1020. The number of hydrogen-bond donors (Lipinski definition) is 1. The number of carbonyl (C=O) groups excluding carboxylic acids is 1. The summed E-state index contributed by atoms with van der Waals surface area (Å²) in [6, 6.07) is 20.1. The monoisotopic (exact) mass is 426 g/mol. The second-order valence-corrected chi connectivity index (χ2v) is 8.51. The number of piperidine rings is 1. The molecule has 1 atom stereocenters. The number of nitrogens with zero attached hydrogens (tertiary/aromatic N) is 1. The maximum atomic E-state index is 12.8. The van der Waals surface area contributed by atoms with Gasteiger partial charge in [-0.1, -0.05) is 71.7 Å². The molecule has 1 aliphatic heterocycles. The van der Waals surface area contributed by atoms with Gasteiger partial charge in [-0.25, -0.2) is 0 Å². The molecule has 3 nitrogen and oxygen atoms in total. The molecule has 1 heterocycles. The van der Waals surface area contributed by atoms with Crippen molar-refractivity contribution in [2.24, 2.45) is 5.92 Å². The zero-order valence-corrected chi connectivity index (χ0v) is 17.7. The van der Waals surface area contributed by atoms with E-state index in [9.17, 15) is 4.79 Å². The molecule has 1 aliphatic rings. The molecular formula is C24H24Cl2N2O. The number of halogens is 2. The van der Waals surface area contributed by atoms with Crippen LogP contribution in [0.4, 0.5) is 0 Å². The molecule has 150 valence electrons. The van der Waals surface area contributed by atoms with Gasteiger partial charge < -0.3 is 5.32 Å². The average Bonchev–Trinajstić information content (AvgIpc) is 2.74. The summed E-state index contributed by atoms with van der Waals surface area (Å²) in [7, 11) is 0. The first-order valence-electron chi connectivity index (χ1n) is 10.0. The van der Waals surface area contributed by atoms with E-state index in [1.807, 2.05) is 30.3 Å². The Morgan fingerprint density at radius 1 is 1.03 bits per heavy atom. The summed E-state index contributed by atoms with van der Waals surface area (Å²) in [5.74, 6) is 0.134. The molecule has 3 aromatic carbocycles. The highest BCUT2D eigenvalue weighted by Gasteiger charge is 2.26. The smallest absolute Gasteiger partial charge is 0.224 e. The molecule has 0 aliphatic carbocycles.